The highest BCUT2D eigenvalue weighted by Crippen LogP contribution is 2.26. The van der Waals surface area contributed by atoms with E-state index in [0.29, 0.717) is 0 Å². The first-order valence-electron chi connectivity index (χ1n) is 11.4. The van der Waals surface area contributed by atoms with Crippen LogP contribution >= 0.6 is 0 Å². The molecule has 0 saturated carbocycles. The van der Waals surface area contributed by atoms with E-state index in [-0.39, 0.29) is 6.61 Å². The lowest BCUT2D eigenvalue weighted by atomic mass is 10.0. The van der Waals surface area contributed by atoms with Crippen molar-refractivity contribution < 1.29 is 5.11 Å². The van der Waals surface area contributed by atoms with Gasteiger partial charge in [-0.05, 0) is 48.7 Å². The highest BCUT2D eigenvalue weighted by atomic mass is 16.3. The predicted molar refractivity (Wildman–Crippen MR) is 126 cm³/mol. The second-order valence-corrected chi connectivity index (χ2v) is 8.55. The van der Waals surface area contributed by atoms with Gasteiger partial charge in [0.15, 0.2) is 0 Å². The normalized spacial score (nSPS) is 15.5. The zero-order valence-electron chi connectivity index (χ0n) is 18.3. The Balaban J connectivity index is 1.19. The number of piperazine rings is 1. The lowest BCUT2D eigenvalue weighted by Gasteiger charge is -2.34. The Morgan fingerprint density at radius 2 is 1.66 bits per heavy atom. The zero-order chi connectivity index (χ0) is 21.8. The van der Waals surface area contributed by atoms with Crippen LogP contribution in [0.4, 0.5) is 0 Å². The number of benzene rings is 2. The fraction of sp³-hybridized carbons (Fsp3) is 0.360. The standard InChI is InChI=1S/C25H30N6O/c32-17-25-22(23-15-21(8-9-24(23)28-25)31-18-26-27-19-31)7-4-10-29-11-13-30(14-12-29)16-20-5-2-1-3-6-20/h1-3,5-6,8-9,15,18-19,28,32H,4,7,10-14,16-17H2. The molecular formula is C25H30N6O. The Hall–Kier alpha value is -3.00. The molecule has 0 bridgehead atoms. The molecule has 5 rings (SSSR count). The summed E-state index contributed by atoms with van der Waals surface area (Å²) in [5.41, 5.74) is 5.63. The van der Waals surface area contributed by atoms with Crippen LogP contribution in [0.2, 0.25) is 0 Å². The quantitative estimate of drug-likeness (QED) is 0.450. The molecule has 3 heterocycles. The van der Waals surface area contributed by atoms with Crippen LogP contribution in [0.1, 0.15) is 23.2 Å². The van der Waals surface area contributed by atoms with E-state index in [0.717, 1.165) is 69.0 Å². The maximum Gasteiger partial charge on any atom is 0.123 e. The summed E-state index contributed by atoms with van der Waals surface area (Å²) in [6, 6.07) is 17.0. The number of fused-ring (bicyclic) bond motifs is 1. The summed E-state index contributed by atoms with van der Waals surface area (Å²) in [4.78, 5) is 8.50. The Bertz CT molecular complexity index is 1130. The number of hydrogen-bond acceptors (Lipinski definition) is 5. The summed E-state index contributed by atoms with van der Waals surface area (Å²) in [7, 11) is 0. The van der Waals surface area contributed by atoms with Crippen molar-refractivity contribution in [1.82, 2.24) is 29.5 Å². The fourth-order valence-electron chi connectivity index (χ4n) is 4.70. The molecule has 1 fully saturated rings. The van der Waals surface area contributed by atoms with Gasteiger partial charge < -0.3 is 15.0 Å². The molecule has 0 spiro atoms. The minimum atomic E-state index is 0.0319. The second-order valence-electron chi connectivity index (χ2n) is 8.55. The molecule has 0 amide bonds. The first kappa shape index (κ1) is 20.9. The van der Waals surface area contributed by atoms with Crippen molar-refractivity contribution in [1.29, 1.82) is 0 Å². The molecule has 7 heteroatoms. The van der Waals surface area contributed by atoms with Crippen LogP contribution in [-0.2, 0) is 19.6 Å². The molecule has 32 heavy (non-hydrogen) atoms. The first-order chi connectivity index (χ1) is 15.8. The van der Waals surface area contributed by atoms with Crippen LogP contribution in [0.15, 0.2) is 61.2 Å². The molecule has 2 aromatic heterocycles. The van der Waals surface area contributed by atoms with Gasteiger partial charge in [0.25, 0.3) is 0 Å². The molecular weight excluding hydrogens is 400 g/mol. The van der Waals surface area contributed by atoms with Gasteiger partial charge in [0.05, 0.1) is 6.61 Å². The van der Waals surface area contributed by atoms with Crippen molar-refractivity contribution in [3.63, 3.8) is 0 Å². The van der Waals surface area contributed by atoms with E-state index < -0.39 is 0 Å². The number of nitrogens with one attached hydrogen (secondary N) is 1. The van der Waals surface area contributed by atoms with Gasteiger partial charge in [-0.3, -0.25) is 9.47 Å². The smallest absolute Gasteiger partial charge is 0.123 e. The summed E-state index contributed by atoms with van der Waals surface area (Å²) < 4.78 is 1.91. The number of nitrogens with zero attached hydrogens (tertiary/aromatic N) is 5. The monoisotopic (exact) mass is 430 g/mol. The van der Waals surface area contributed by atoms with E-state index >= 15 is 0 Å². The summed E-state index contributed by atoms with van der Waals surface area (Å²) in [6.45, 7) is 6.62. The number of rotatable bonds is 8. The number of hydrogen-bond donors (Lipinski definition) is 2. The van der Waals surface area contributed by atoms with Gasteiger partial charge in [-0.15, -0.1) is 10.2 Å². The Morgan fingerprint density at radius 1 is 0.906 bits per heavy atom. The minimum absolute atomic E-state index is 0.0319. The average Bonchev–Trinajstić information content (AvgIpc) is 3.49. The molecule has 0 radical (unpaired) electrons. The van der Waals surface area contributed by atoms with Crippen molar-refractivity contribution in [2.75, 3.05) is 32.7 Å². The lowest BCUT2D eigenvalue weighted by molar-refractivity contribution is 0.126. The van der Waals surface area contributed by atoms with E-state index in [1.54, 1.807) is 12.7 Å². The van der Waals surface area contributed by atoms with Crippen molar-refractivity contribution in [3.8, 4) is 5.69 Å². The van der Waals surface area contributed by atoms with Gasteiger partial charge >= 0.3 is 0 Å². The van der Waals surface area contributed by atoms with E-state index in [9.17, 15) is 5.11 Å². The molecule has 0 aliphatic carbocycles. The highest BCUT2D eigenvalue weighted by molar-refractivity contribution is 5.86. The Kier molecular flexibility index (Phi) is 6.29. The van der Waals surface area contributed by atoms with E-state index in [1.807, 2.05) is 10.6 Å². The van der Waals surface area contributed by atoms with Crippen LogP contribution in [-0.4, -0.2) is 67.4 Å². The molecule has 1 aliphatic rings. The SMILES string of the molecule is OCc1[nH]c2ccc(-n3cnnc3)cc2c1CCCN1CCN(Cc2ccccc2)CC1. The summed E-state index contributed by atoms with van der Waals surface area (Å²) in [5.74, 6) is 0. The number of aliphatic hydroxyl groups is 1. The number of aromatic amines is 1. The Morgan fingerprint density at radius 3 is 2.41 bits per heavy atom. The van der Waals surface area contributed by atoms with Crippen LogP contribution in [0.3, 0.4) is 0 Å². The fourth-order valence-corrected chi connectivity index (χ4v) is 4.70. The molecule has 7 nitrogen and oxygen atoms in total. The number of aryl methyl sites for hydroxylation is 1. The largest absolute Gasteiger partial charge is 0.390 e. The van der Waals surface area contributed by atoms with E-state index in [1.165, 1.54) is 16.5 Å². The Labute approximate surface area is 188 Å². The van der Waals surface area contributed by atoms with Crippen molar-refractivity contribution in [2.24, 2.45) is 0 Å². The molecule has 4 aromatic rings. The van der Waals surface area contributed by atoms with Gasteiger partial charge in [-0.2, -0.15) is 0 Å². The van der Waals surface area contributed by atoms with Crippen molar-refractivity contribution >= 4 is 10.9 Å². The van der Waals surface area contributed by atoms with Crippen LogP contribution < -0.4 is 0 Å². The van der Waals surface area contributed by atoms with Gasteiger partial charge in [0.1, 0.15) is 12.7 Å². The third-order valence-corrected chi connectivity index (χ3v) is 6.47. The molecule has 166 valence electrons. The highest BCUT2D eigenvalue weighted by Gasteiger charge is 2.17. The van der Waals surface area contributed by atoms with Gasteiger partial charge in [-0.25, -0.2) is 0 Å². The van der Waals surface area contributed by atoms with Crippen molar-refractivity contribution in [2.45, 2.75) is 26.0 Å². The van der Waals surface area contributed by atoms with Gasteiger partial charge in [0.2, 0.25) is 0 Å². The molecule has 2 aromatic carbocycles. The average molecular weight is 431 g/mol. The van der Waals surface area contributed by atoms with Crippen LogP contribution in [0, 0.1) is 0 Å². The van der Waals surface area contributed by atoms with Crippen molar-refractivity contribution in [3.05, 3.63) is 78.0 Å². The molecule has 0 unspecified atom stereocenters. The van der Waals surface area contributed by atoms with Gasteiger partial charge in [-0.1, -0.05) is 30.3 Å². The van der Waals surface area contributed by atoms with E-state index in [4.69, 9.17) is 0 Å². The minimum Gasteiger partial charge on any atom is -0.390 e. The first-order valence-corrected chi connectivity index (χ1v) is 11.4. The van der Waals surface area contributed by atoms with Crippen LogP contribution in [0.5, 0.6) is 0 Å². The van der Waals surface area contributed by atoms with E-state index in [2.05, 4.69) is 67.4 Å². The molecule has 0 atom stereocenters. The van der Waals surface area contributed by atoms with Crippen LogP contribution in [0.25, 0.3) is 16.6 Å². The topological polar surface area (TPSA) is 73.2 Å². The molecule has 1 saturated heterocycles. The third-order valence-electron chi connectivity index (χ3n) is 6.47. The third kappa shape index (κ3) is 4.60. The maximum atomic E-state index is 9.90. The second kappa shape index (κ2) is 9.65. The number of H-pyrrole nitrogens is 1. The number of aromatic nitrogens is 4. The lowest BCUT2D eigenvalue weighted by Crippen LogP contribution is -2.46. The summed E-state index contributed by atoms with van der Waals surface area (Å²) >= 11 is 0. The van der Waals surface area contributed by atoms with Gasteiger partial charge in [0, 0.05) is 55.0 Å². The zero-order valence-corrected chi connectivity index (χ0v) is 18.3. The predicted octanol–water partition coefficient (Wildman–Crippen LogP) is 2.99. The maximum absolute atomic E-state index is 9.90. The molecule has 2 N–H and O–H groups in total. The number of aliphatic hydroxyl groups excluding tert-OH is 1. The summed E-state index contributed by atoms with van der Waals surface area (Å²) in [6.07, 6.45) is 5.44. The summed E-state index contributed by atoms with van der Waals surface area (Å²) in [5, 5.41) is 18.9. The molecule has 1 aliphatic heterocycles.